The molecule has 2 aromatic carbocycles. The predicted molar refractivity (Wildman–Crippen MR) is 164 cm³/mol. The highest BCUT2D eigenvalue weighted by Gasteiger charge is 2.17. The number of rotatable bonds is 8. The summed E-state index contributed by atoms with van der Waals surface area (Å²) in [7, 11) is 3.91. The van der Waals surface area contributed by atoms with Crippen LogP contribution in [0.1, 0.15) is 25.5 Å². The molecule has 0 aliphatic carbocycles. The number of aromatic nitrogens is 5. The zero-order chi connectivity index (χ0) is 28.7. The van der Waals surface area contributed by atoms with Gasteiger partial charge in [-0.05, 0) is 87.1 Å². The largest absolute Gasteiger partial charge is 0.382 e. The van der Waals surface area contributed by atoms with Crippen LogP contribution in [0, 0.1) is 5.82 Å². The molecule has 0 amide bonds. The number of nitrogens with zero attached hydrogens (tertiary/aromatic N) is 4. The van der Waals surface area contributed by atoms with Crippen LogP contribution in [0.5, 0.6) is 0 Å². The highest BCUT2D eigenvalue weighted by molar-refractivity contribution is 6.01. The number of nitrogens with two attached hydrogens (primary N) is 1. The molecule has 9 heteroatoms. The van der Waals surface area contributed by atoms with E-state index in [2.05, 4.69) is 62.5 Å². The zero-order valence-electron chi connectivity index (χ0n) is 23.5. The summed E-state index contributed by atoms with van der Waals surface area (Å²) < 4.78 is 14.8. The molecule has 0 saturated carbocycles. The van der Waals surface area contributed by atoms with E-state index in [1.165, 1.54) is 6.07 Å². The van der Waals surface area contributed by atoms with E-state index in [0.717, 1.165) is 61.2 Å². The van der Waals surface area contributed by atoms with E-state index >= 15 is 0 Å². The van der Waals surface area contributed by atoms with Gasteiger partial charge in [0.05, 0.1) is 17.1 Å². The summed E-state index contributed by atoms with van der Waals surface area (Å²) in [5.41, 5.74) is 15.0. The summed E-state index contributed by atoms with van der Waals surface area (Å²) in [6.45, 7) is 4.81. The number of anilines is 1. The summed E-state index contributed by atoms with van der Waals surface area (Å²) in [6.07, 6.45) is 5.47. The first-order valence-corrected chi connectivity index (χ1v) is 13.6. The molecule has 0 aliphatic rings. The van der Waals surface area contributed by atoms with Crippen molar-refractivity contribution in [1.82, 2.24) is 30.0 Å². The Hall–Kier alpha value is -4.60. The summed E-state index contributed by atoms with van der Waals surface area (Å²) in [5.74, 6) is -0.306. The van der Waals surface area contributed by atoms with Gasteiger partial charge in [-0.15, -0.1) is 0 Å². The number of halogens is 1. The van der Waals surface area contributed by atoms with Gasteiger partial charge in [0, 0.05) is 64.6 Å². The number of hydrogen-bond donors (Lipinski definition) is 4. The van der Waals surface area contributed by atoms with E-state index in [9.17, 15) is 4.39 Å². The van der Waals surface area contributed by atoms with Crippen molar-refractivity contribution in [2.24, 2.45) is 5.73 Å². The van der Waals surface area contributed by atoms with Crippen LogP contribution in [0.3, 0.4) is 0 Å². The van der Waals surface area contributed by atoms with E-state index in [-0.39, 0.29) is 11.9 Å². The van der Waals surface area contributed by atoms with Gasteiger partial charge >= 0.3 is 0 Å². The van der Waals surface area contributed by atoms with E-state index in [0.29, 0.717) is 18.2 Å². The fourth-order valence-corrected chi connectivity index (χ4v) is 5.30. The number of benzene rings is 2. The van der Waals surface area contributed by atoms with Gasteiger partial charge in [-0.3, -0.25) is 10.1 Å². The molecule has 4 aromatic heterocycles. The molecule has 0 fully saturated rings. The molecule has 208 valence electrons. The zero-order valence-corrected chi connectivity index (χ0v) is 23.5. The van der Waals surface area contributed by atoms with Crippen molar-refractivity contribution >= 4 is 27.6 Å². The average Bonchev–Trinajstić information content (AvgIpc) is 3.55. The molecular formula is C32H33FN8. The maximum Gasteiger partial charge on any atom is 0.181 e. The first-order chi connectivity index (χ1) is 19.7. The van der Waals surface area contributed by atoms with Crippen molar-refractivity contribution in [2.45, 2.75) is 25.9 Å². The van der Waals surface area contributed by atoms with Crippen LogP contribution in [0.25, 0.3) is 55.6 Å². The summed E-state index contributed by atoms with van der Waals surface area (Å²) in [4.78, 5) is 14.5. The second-order valence-corrected chi connectivity index (χ2v) is 11.0. The van der Waals surface area contributed by atoms with Crippen molar-refractivity contribution in [3.8, 4) is 33.6 Å². The Kier molecular flexibility index (Phi) is 6.98. The number of likely N-dealkylation sites (N-methyl/N-ethyl adjacent to an activating group) is 1. The smallest absolute Gasteiger partial charge is 0.181 e. The van der Waals surface area contributed by atoms with Gasteiger partial charge in [0.25, 0.3) is 0 Å². The van der Waals surface area contributed by atoms with Gasteiger partial charge in [0.1, 0.15) is 5.82 Å². The predicted octanol–water partition coefficient (Wildman–Crippen LogP) is 6.36. The normalized spacial score (nSPS) is 12.6. The van der Waals surface area contributed by atoms with Gasteiger partial charge in [0.15, 0.2) is 5.65 Å². The topological polar surface area (TPSA) is 112 Å². The Morgan fingerprint density at radius 3 is 2.59 bits per heavy atom. The van der Waals surface area contributed by atoms with Crippen LogP contribution in [0.15, 0.2) is 73.2 Å². The minimum absolute atomic E-state index is 0.296. The maximum atomic E-state index is 14.8. The van der Waals surface area contributed by atoms with E-state index in [1.54, 1.807) is 6.07 Å². The number of fused-ring (bicyclic) bond motifs is 2. The first-order valence-electron chi connectivity index (χ1n) is 13.6. The lowest BCUT2D eigenvalue weighted by Gasteiger charge is -2.18. The maximum absolute atomic E-state index is 14.8. The lowest BCUT2D eigenvalue weighted by atomic mass is 9.97. The molecule has 5 N–H and O–H groups in total. The number of pyridine rings is 2. The van der Waals surface area contributed by atoms with Gasteiger partial charge in [0.2, 0.25) is 0 Å². The third-order valence-electron chi connectivity index (χ3n) is 7.09. The molecule has 8 nitrogen and oxygen atoms in total. The van der Waals surface area contributed by atoms with Gasteiger partial charge in [-0.2, -0.15) is 5.10 Å². The van der Waals surface area contributed by atoms with Crippen molar-refractivity contribution < 1.29 is 4.39 Å². The lowest BCUT2D eigenvalue weighted by Crippen LogP contribution is -2.26. The fraction of sp³-hybridized carbons (Fsp3) is 0.219. The molecule has 0 saturated heterocycles. The van der Waals surface area contributed by atoms with Crippen LogP contribution in [0.4, 0.5) is 10.1 Å². The van der Waals surface area contributed by atoms with Crippen LogP contribution in [-0.2, 0) is 0 Å². The lowest BCUT2D eigenvalue weighted by molar-refractivity contribution is 0.376. The Bertz CT molecular complexity index is 1850. The monoisotopic (exact) mass is 548 g/mol. The molecular weight excluding hydrogens is 515 g/mol. The van der Waals surface area contributed by atoms with Crippen LogP contribution in [0.2, 0.25) is 0 Å². The Balaban J connectivity index is 1.41. The van der Waals surface area contributed by atoms with Crippen LogP contribution < -0.4 is 11.1 Å². The van der Waals surface area contributed by atoms with Crippen molar-refractivity contribution in [2.75, 3.05) is 26.0 Å². The third-order valence-corrected chi connectivity index (χ3v) is 7.09. The Morgan fingerprint density at radius 1 is 0.951 bits per heavy atom. The SMILES string of the molecule is CC(C)Nc1cncc(-c2cnc3n[nH]c(-c4cc5c(-c6cc(F)cc(C(N)CN(C)C)c6)cccc5[nH]4)c3c2)c1. The van der Waals surface area contributed by atoms with Gasteiger partial charge in [-0.1, -0.05) is 12.1 Å². The Labute approximate surface area is 237 Å². The number of aromatic amines is 2. The molecule has 4 heterocycles. The number of H-pyrrole nitrogens is 2. The summed E-state index contributed by atoms with van der Waals surface area (Å²) in [6, 6.07) is 17.3. The van der Waals surface area contributed by atoms with Crippen molar-refractivity contribution in [3.63, 3.8) is 0 Å². The molecule has 6 aromatic rings. The van der Waals surface area contributed by atoms with E-state index in [4.69, 9.17) is 5.73 Å². The molecule has 6 rings (SSSR count). The number of nitrogens with one attached hydrogen (secondary N) is 3. The summed E-state index contributed by atoms with van der Waals surface area (Å²) in [5, 5.41) is 12.9. The van der Waals surface area contributed by atoms with Gasteiger partial charge in [-0.25, -0.2) is 9.37 Å². The third kappa shape index (κ3) is 5.41. The fourth-order valence-electron chi connectivity index (χ4n) is 5.30. The average molecular weight is 549 g/mol. The number of hydrogen-bond acceptors (Lipinski definition) is 6. The minimum atomic E-state index is -0.306. The molecule has 0 bridgehead atoms. The van der Waals surface area contributed by atoms with Crippen LogP contribution in [-0.4, -0.2) is 56.7 Å². The first kappa shape index (κ1) is 26.6. The standard InChI is InChI=1S/C32H33FN8/c1-18(2)37-24-11-21(14-35-16-24)22-12-27-31(39-40-32(27)36-15-22)30-13-26-25(6-5-7-29(26)38-30)19-8-20(10-23(33)9-19)28(34)17-41(3)4/h5-16,18,28,37-38H,17,34H2,1-4H3,(H,36,39,40). The second-order valence-electron chi connectivity index (χ2n) is 11.0. The molecule has 0 radical (unpaired) electrons. The molecule has 0 aliphatic heterocycles. The quantitative estimate of drug-likeness (QED) is 0.176. The van der Waals surface area contributed by atoms with Crippen molar-refractivity contribution in [1.29, 1.82) is 0 Å². The molecule has 1 atom stereocenters. The molecule has 41 heavy (non-hydrogen) atoms. The Morgan fingerprint density at radius 2 is 1.78 bits per heavy atom. The van der Waals surface area contributed by atoms with Gasteiger partial charge < -0.3 is 20.9 Å². The summed E-state index contributed by atoms with van der Waals surface area (Å²) >= 11 is 0. The minimum Gasteiger partial charge on any atom is -0.382 e. The van der Waals surface area contributed by atoms with E-state index in [1.807, 2.05) is 61.9 Å². The highest BCUT2D eigenvalue weighted by atomic mass is 19.1. The molecule has 0 spiro atoms. The van der Waals surface area contributed by atoms with Crippen molar-refractivity contribution in [3.05, 3.63) is 84.6 Å². The second kappa shape index (κ2) is 10.8. The molecule has 1 unspecified atom stereocenters. The van der Waals surface area contributed by atoms with E-state index < -0.39 is 0 Å². The van der Waals surface area contributed by atoms with Crippen LogP contribution >= 0.6 is 0 Å². The highest BCUT2D eigenvalue weighted by Crippen LogP contribution is 2.36.